The van der Waals surface area contributed by atoms with Gasteiger partial charge in [-0.15, -0.1) is 0 Å². The second kappa shape index (κ2) is 5.55. The molecule has 1 N–H and O–H groups in total. The summed E-state index contributed by atoms with van der Waals surface area (Å²) in [5, 5.41) is 3.75. The van der Waals surface area contributed by atoms with E-state index in [2.05, 4.69) is 35.8 Å². The van der Waals surface area contributed by atoms with Gasteiger partial charge in [0.15, 0.2) is 0 Å². The molecule has 2 nitrogen and oxygen atoms in total. The fourth-order valence-corrected chi connectivity index (χ4v) is 3.79. The van der Waals surface area contributed by atoms with E-state index in [1.165, 1.54) is 44.0 Å². The lowest BCUT2D eigenvalue weighted by Crippen LogP contribution is -2.37. The van der Waals surface area contributed by atoms with Crippen LogP contribution in [0.3, 0.4) is 0 Å². The van der Waals surface area contributed by atoms with Gasteiger partial charge < -0.3 is 5.32 Å². The van der Waals surface area contributed by atoms with Crippen LogP contribution in [0, 0.1) is 5.92 Å². The molecule has 2 aliphatic rings. The van der Waals surface area contributed by atoms with Crippen LogP contribution < -0.4 is 5.32 Å². The third-order valence-electron chi connectivity index (χ3n) is 3.67. The highest BCUT2D eigenvalue weighted by atomic mass is 32.2. The highest BCUT2D eigenvalue weighted by Crippen LogP contribution is 2.23. The van der Waals surface area contributed by atoms with Gasteiger partial charge in [0.2, 0.25) is 0 Å². The Balaban J connectivity index is 1.64. The van der Waals surface area contributed by atoms with Gasteiger partial charge >= 0.3 is 0 Å². The number of hydrogen-bond acceptors (Lipinski definition) is 3. The van der Waals surface area contributed by atoms with Gasteiger partial charge in [-0.1, -0.05) is 0 Å². The maximum Gasteiger partial charge on any atom is 0.0207 e. The van der Waals surface area contributed by atoms with E-state index in [4.69, 9.17) is 0 Å². The molecule has 0 aromatic carbocycles. The fourth-order valence-electron chi connectivity index (χ4n) is 2.50. The lowest BCUT2D eigenvalue weighted by molar-refractivity contribution is 0.267. The normalized spacial score (nSPS) is 33.0. The molecule has 0 bridgehead atoms. The summed E-state index contributed by atoms with van der Waals surface area (Å²) in [6.07, 6.45) is 2.77. The zero-order valence-corrected chi connectivity index (χ0v) is 10.9. The molecule has 0 spiro atoms. The lowest BCUT2D eigenvalue weighted by Gasteiger charge is -2.21. The van der Waals surface area contributed by atoms with Gasteiger partial charge in [0.25, 0.3) is 0 Å². The molecule has 2 rings (SSSR count). The molecule has 0 aromatic heterocycles. The van der Waals surface area contributed by atoms with Crippen LogP contribution in [0.4, 0.5) is 0 Å². The van der Waals surface area contributed by atoms with Crippen LogP contribution in [-0.2, 0) is 0 Å². The molecule has 88 valence electrons. The predicted molar refractivity (Wildman–Crippen MR) is 68.5 cm³/mol. The lowest BCUT2D eigenvalue weighted by atomic mass is 10.1. The summed E-state index contributed by atoms with van der Waals surface area (Å²) in [5.41, 5.74) is 0. The topological polar surface area (TPSA) is 15.3 Å². The smallest absolute Gasteiger partial charge is 0.0207 e. The van der Waals surface area contributed by atoms with Crippen LogP contribution in [0.2, 0.25) is 0 Å². The van der Waals surface area contributed by atoms with Gasteiger partial charge in [-0.25, -0.2) is 0 Å². The Hall–Kier alpha value is 0.270. The first-order chi connectivity index (χ1) is 7.25. The number of nitrogens with zero attached hydrogens (tertiary/aromatic N) is 1. The van der Waals surface area contributed by atoms with E-state index in [-0.39, 0.29) is 0 Å². The summed E-state index contributed by atoms with van der Waals surface area (Å²) in [5.74, 6) is 3.71. The van der Waals surface area contributed by atoms with Gasteiger partial charge in [0.05, 0.1) is 0 Å². The summed E-state index contributed by atoms with van der Waals surface area (Å²) in [6.45, 7) is 8.40. The highest BCUT2D eigenvalue weighted by molar-refractivity contribution is 7.99. The van der Waals surface area contributed by atoms with Crippen molar-refractivity contribution in [1.29, 1.82) is 0 Å². The summed E-state index contributed by atoms with van der Waals surface area (Å²) in [7, 11) is 0. The van der Waals surface area contributed by atoms with Crippen molar-refractivity contribution in [2.24, 2.45) is 5.92 Å². The van der Waals surface area contributed by atoms with Gasteiger partial charge in [-0.05, 0) is 57.2 Å². The summed E-state index contributed by atoms with van der Waals surface area (Å²) in [6, 6.07) is 1.48. The second-order valence-electron chi connectivity index (χ2n) is 5.21. The van der Waals surface area contributed by atoms with Gasteiger partial charge in [-0.2, -0.15) is 11.8 Å². The quantitative estimate of drug-likeness (QED) is 0.790. The molecule has 2 saturated heterocycles. The number of hydrogen-bond donors (Lipinski definition) is 1. The van der Waals surface area contributed by atoms with Gasteiger partial charge in [0.1, 0.15) is 0 Å². The fraction of sp³-hybridized carbons (Fsp3) is 1.00. The largest absolute Gasteiger partial charge is 0.312 e. The highest BCUT2D eigenvalue weighted by Gasteiger charge is 2.24. The molecule has 2 fully saturated rings. The van der Waals surface area contributed by atoms with Crippen molar-refractivity contribution in [3.05, 3.63) is 0 Å². The van der Waals surface area contributed by atoms with Crippen LogP contribution in [0.1, 0.15) is 26.7 Å². The van der Waals surface area contributed by atoms with Crippen molar-refractivity contribution >= 4 is 11.8 Å². The Labute approximate surface area is 98.2 Å². The summed E-state index contributed by atoms with van der Waals surface area (Å²) >= 11 is 2.12. The van der Waals surface area contributed by atoms with E-state index in [0.29, 0.717) is 0 Å². The van der Waals surface area contributed by atoms with Crippen LogP contribution in [-0.4, -0.2) is 48.1 Å². The Morgan fingerprint density at radius 3 is 2.87 bits per heavy atom. The number of thioether (sulfide) groups is 1. The number of rotatable bonds is 4. The minimum absolute atomic E-state index is 0.721. The van der Waals surface area contributed by atoms with E-state index >= 15 is 0 Å². The van der Waals surface area contributed by atoms with Crippen molar-refractivity contribution in [3.8, 4) is 0 Å². The molecule has 2 aliphatic heterocycles. The van der Waals surface area contributed by atoms with Gasteiger partial charge in [0, 0.05) is 18.6 Å². The zero-order chi connectivity index (χ0) is 10.7. The molecule has 0 radical (unpaired) electrons. The molecular formula is C12H24N2S. The average molecular weight is 228 g/mol. The van der Waals surface area contributed by atoms with E-state index in [0.717, 1.165) is 18.0 Å². The number of nitrogens with one attached hydrogen (secondary N) is 1. The van der Waals surface area contributed by atoms with Crippen molar-refractivity contribution < 1.29 is 0 Å². The van der Waals surface area contributed by atoms with Crippen LogP contribution in [0.25, 0.3) is 0 Å². The third-order valence-corrected chi connectivity index (χ3v) is 4.90. The van der Waals surface area contributed by atoms with Crippen molar-refractivity contribution in [2.75, 3.05) is 31.1 Å². The minimum Gasteiger partial charge on any atom is -0.312 e. The maximum absolute atomic E-state index is 3.75. The third kappa shape index (κ3) is 3.36. The average Bonchev–Trinajstić information content (AvgIpc) is 2.86. The Bertz CT molecular complexity index is 190. The standard InChI is InChI=1S/C12H24N2S/c1-10(2)14-5-3-12(8-14)13-7-11-4-6-15-9-11/h10-13H,3-9H2,1-2H3. The van der Waals surface area contributed by atoms with E-state index in [1.54, 1.807) is 0 Å². The summed E-state index contributed by atoms with van der Waals surface area (Å²) in [4.78, 5) is 2.58. The first-order valence-electron chi connectivity index (χ1n) is 6.31. The van der Waals surface area contributed by atoms with Crippen LogP contribution >= 0.6 is 11.8 Å². The molecular weight excluding hydrogens is 204 g/mol. The van der Waals surface area contributed by atoms with Gasteiger partial charge in [-0.3, -0.25) is 4.90 Å². The molecule has 0 aromatic rings. The van der Waals surface area contributed by atoms with Crippen molar-refractivity contribution in [1.82, 2.24) is 10.2 Å². The molecule has 15 heavy (non-hydrogen) atoms. The monoisotopic (exact) mass is 228 g/mol. The number of likely N-dealkylation sites (tertiary alicyclic amines) is 1. The van der Waals surface area contributed by atoms with Crippen molar-refractivity contribution in [3.63, 3.8) is 0 Å². The van der Waals surface area contributed by atoms with E-state index < -0.39 is 0 Å². The Morgan fingerprint density at radius 2 is 2.27 bits per heavy atom. The first-order valence-corrected chi connectivity index (χ1v) is 7.46. The predicted octanol–water partition coefficient (Wildman–Crippen LogP) is 1.81. The molecule has 2 heterocycles. The minimum atomic E-state index is 0.721. The van der Waals surface area contributed by atoms with E-state index in [9.17, 15) is 0 Å². The van der Waals surface area contributed by atoms with Crippen LogP contribution in [0.15, 0.2) is 0 Å². The van der Waals surface area contributed by atoms with Crippen molar-refractivity contribution in [2.45, 2.75) is 38.8 Å². The second-order valence-corrected chi connectivity index (χ2v) is 6.36. The molecule has 0 aliphatic carbocycles. The first kappa shape index (κ1) is 11.7. The summed E-state index contributed by atoms with van der Waals surface area (Å²) < 4.78 is 0. The van der Waals surface area contributed by atoms with E-state index in [1.807, 2.05) is 0 Å². The maximum atomic E-state index is 3.75. The zero-order valence-electron chi connectivity index (χ0n) is 10.0. The molecule has 3 heteroatoms. The molecule has 2 atom stereocenters. The SMILES string of the molecule is CC(C)N1CCC(NCC2CCSC2)C1. The molecule has 0 saturated carbocycles. The Kier molecular flexibility index (Phi) is 4.35. The Morgan fingerprint density at radius 1 is 1.40 bits per heavy atom. The van der Waals surface area contributed by atoms with Crippen LogP contribution in [0.5, 0.6) is 0 Å². The molecule has 2 unspecified atom stereocenters. The molecule has 0 amide bonds.